The van der Waals surface area contributed by atoms with Crippen LogP contribution in [0.15, 0.2) is 0 Å². The Labute approximate surface area is 101 Å². The van der Waals surface area contributed by atoms with Crippen LogP contribution in [0.3, 0.4) is 0 Å². The molecule has 0 saturated heterocycles. The first-order chi connectivity index (χ1) is 8.15. The van der Waals surface area contributed by atoms with Crippen LogP contribution in [0.2, 0.25) is 0 Å². The highest BCUT2D eigenvalue weighted by Gasteiger charge is 2.26. The van der Waals surface area contributed by atoms with Crippen LogP contribution in [0.1, 0.15) is 38.4 Å². The van der Waals surface area contributed by atoms with Gasteiger partial charge in [-0.3, -0.25) is 9.36 Å². The summed E-state index contributed by atoms with van der Waals surface area (Å²) in [7, 11) is 3.61. The van der Waals surface area contributed by atoms with E-state index in [1.807, 2.05) is 14.0 Å². The van der Waals surface area contributed by atoms with Crippen LogP contribution in [0, 0.1) is 0 Å². The number of hydrogen-bond acceptors (Lipinski definition) is 5. The summed E-state index contributed by atoms with van der Waals surface area (Å²) in [6.45, 7) is 4.22. The zero-order valence-corrected chi connectivity index (χ0v) is 10.9. The van der Waals surface area contributed by atoms with Crippen LogP contribution in [0.25, 0.3) is 0 Å². The molecule has 1 aromatic rings. The van der Waals surface area contributed by atoms with Gasteiger partial charge in [0.2, 0.25) is 5.95 Å². The number of anilines is 1. The van der Waals surface area contributed by atoms with Crippen molar-refractivity contribution in [2.45, 2.75) is 32.6 Å². The molecule has 1 aromatic heterocycles. The third kappa shape index (κ3) is 2.95. The summed E-state index contributed by atoms with van der Waals surface area (Å²) in [5, 5.41) is 11.0. The fourth-order valence-corrected chi connectivity index (χ4v) is 1.75. The molecule has 0 radical (unpaired) electrons. The van der Waals surface area contributed by atoms with E-state index < -0.39 is 0 Å². The first-order valence-corrected chi connectivity index (χ1v) is 5.89. The first-order valence-electron chi connectivity index (χ1n) is 5.89. The summed E-state index contributed by atoms with van der Waals surface area (Å²) in [6, 6.07) is 0. The predicted molar refractivity (Wildman–Crippen MR) is 64.8 cm³/mol. The van der Waals surface area contributed by atoms with Crippen molar-refractivity contribution < 1.29 is 9.53 Å². The molecule has 6 nitrogen and oxygen atoms in total. The summed E-state index contributed by atoms with van der Waals surface area (Å²) >= 11 is 0. The molecule has 0 spiro atoms. The van der Waals surface area contributed by atoms with E-state index >= 15 is 0 Å². The van der Waals surface area contributed by atoms with E-state index in [2.05, 4.69) is 15.5 Å². The summed E-state index contributed by atoms with van der Waals surface area (Å²) in [6.07, 6.45) is 1.61. The van der Waals surface area contributed by atoms with Crippen LogP contribution < -0.4 is 5.32 Å². The molecule has 1 N–H and O–H groups in total. The standard InChI is InChI=1S/C11H20N4O2/c1-5-7-8(10(16)17-6-2)9-13-14-11(12-3)15(9)4/h8H,5-7H2,1-4H3,(H,12,14). The third-order valence-corrected chi connectivity index (χ3v) is 2.59. The SMILES string of the molecule is CCCC(C(=O)OCC)c1nnc(NC)n1C. The van der Waals surface area contributed by atoms with Crippen molar-refractivity contribution in [1.29, 1.82) is 0 Å². The number of nitrogens with zero attached hydrogens (tertiary/aromatic N) is 3. The highest BCUT2D eigenvalue weighted by atomic mass is 16.5. The predicted octanol–water partition coefficient (Wildman–Crippen LogP) is 1.30. The minimum Gasteiger partial charge on any atom is -0.465 e. The van der Waals surface area contributed by atoms with Gasteiger partial charge in [0.1, 0.15) is 11.7 Å². The smallest absolute Gasteiger partial charge is 0.316 e. The molecule has 1 atom stereocenters. The fraction of sp³-hybridized carbons (Fsp3) is 0.727. The molecule has 0 aliphatic heterocycles. The highest BCUT2D eigenvalue weighted by molar-refractivity contribution is 5.77. The summed E-state index contributed by atoms with van der Waals surface area (Å²) in [4.78, 5) is 11.9. The summed E-state index contributed by atoms with van der Waals surface area (Å²) in [5.41, 5.74) is 0. The van der Waals surface area contributed by atoms with Gasteiger partial charge in [0, 0.05) is 14.1 Å². The van der Waals surface area contributed by atoms with E-state index in [-0.39, 0.29) is 11.9 Å². The van der Waals surface area contributed by atoms with Crippen molar-refractivity contribution in [2.75, 3.05) is 19.0 Å². The summed E-state index contributed by atoms with van der Waals surface area (Å²) in [5.74, 6) is 0.729. The van der Waals surface area contributed by atoms with Gasteiger partial charge < -0.3 is 10.1 Å². The van der Waals surface area contributed by atoms with E-state index in [9.17, 15) is 4.79 Å². The Bertz CT molecular complexity index is 376. The third-order valence-electron chi connectivity index (χ3n) is 2.59. The normalized spacial score (nSPS) is 12.2. The van der Waals surface area contributed by atoms with E-state index in [4.69, 9.17) is 4.74 Å². The number of esters is 1. The Balaban J connectivity index is 2.96. The Morgan fingerprint density at radius 2 is 2.18 bits per heavy atom. The number of aromatic nitrogens is 3. The number of ether oxygens (including phenoxy) is 1. The number of nitrogens with one attached hydrogen (secondary N) is 1. The molecule has 0 aromatic carbocycles. The van der Waals surface area contributed by atoms with Gasteiger partial charge in [-0.15, -0.1) is 10.2 Å². The Morgan fingerprint density at radius 1 is 1.47 bits per heavy atom. The average molecular weight is 240 g/mol. The van der Waals surface area contributed by atoms with Crippen molar-refractivity contribution in [3.63, 3.8) is 0 Å². The van der Waals surface area contributed by atoms with Crippen LogP contribution in [0.5, 0.6) is 0 Å². The first kappa shape index (κ1) is 13.5. The van der Waals surface area contributed by atoms with Gasteiger partial charge in [-0.25, -0.2) is 0 Å². The number of rotatable bonds is 6. The number of hydrogen-bond donors (Lipinski definition) is 1. The van der Waals surface area contributed by atoms with Crippen molar-refractivity contribution in [2.24, 2.45) is 7.05 Å². The molecule has 1 rings (SSSR count). The Kier molecular flexibility index (Phi) is 4.93. The van der Waals surface area contributed by atoms with E-state index in [1.165, 1.54) is 0 Å². The molecule has 96 valence electrons. The molecule has 0 saturated carbocycles. The lowest BCUT2D eigenvalue weighted by Crippen LogP contribution is -2.19. The molecule has 0 amide bonds. The van der Waals surface area contributed by atoms with Gasteiger partial charge in [-0.2, -0.15) is 0 Å². The van der Waals surface area contributed by atoms with Crippen molar-refractivity contribution in [3.8, 4) is 0 Å². The quantitative estimate of drug-likeness (QED) is 0.759. The molecule has 0 aliphatic rings. The largest absolute Gasteiger partial charge is 0.465 e. The van der Waals surface area contributed by atoms with Gasteiger partial charge >= 0.3 is 5.97 Å². The molecule has 1 unspecified atom stereocenters. The Morgan fingerprint density at radius 3 is 2.65 bits per heavy atom. The minimum absolute atomic E-state index is 0.229. The highest BCUT2D eigenvalue weighted by Crippen LogP contribution is 2.22. The molecule has 0 aliphatic carbocycles. The molecule has 6 heteroatoms. The van der Waals surface area contributed by atoms with Gasteiger partial charge in [-0.1, -0.05) is 13.3 Å². The second kappa shape index (κ2) is 6.22. The molecule has 17 heavy (non-hydrogen) atoms. The topological polar surface area (TPSA) is 69.0 Å². The average Bonchev–Trinajstić information content (AvgIpc) is 2.67. The number of carbonyl (C=O) groups is 1. The lowest BCUT2D eigenvalue weighted by Gasteiger charge is -2.14. The maximum Gasteiger partial charge on any atom is 0.316 e. The summed E-state index contributed by atoms with van der Waals surface area (Å²) < 4.78 is 6.86. The molecular formula is C11H20N4O2. The van der Waals surface area contributed by atoms with Gasteiger partial charge in [0.25, 0.3) is 0 Å². The molecule has 0 fully saturated rings. The van der Waals surface area contributed by atoms with E-state index in [0.29, 0.717) is 24.8 Å². The lowest BCUT2D eigenvalue weighted by atomic mass is 10.0. The van der Waals surface area contributed by atoms with Crippen LogP contribution in [0.4, 0.5) is 5.95 Å². The van der Waals surface area contributed by atoms with E-state index in [0.717, 1.165) is 6.42 Å². The maximum absolute atomic E-state index is 11.9. The Hall–Kier alpha value is -1.59. The van der Waals surface area contributed by atoms with Crippen molar-refractivity contribution >= 4 is 11.9 Å². The maximum atomic E-state index is 11.9. The molecule has 1 heterocycles. The lowest BCUT2D eigenvalue weighted by molar-refractivity contribution is -0.145. The second-order valence-electron chi connectivity index (χ2n) is 3.78. The minimum atomic E-state index is -0.334. The van der Waals surface area contributed by atoms with Gasteiger partial charge in [0.15, 0.2) is 0 Å². The second-order valence-corrected chi connectivity index (χ2v) is 3.78. The van der Waals surface area contributed by atoms with Crippen molar-refractivity contribution in [3.05, 3.63) is 5.82 Å². The van der Waals surface area contributed by atoms with Gasteiger partial charge in [0.05, 0.1) is 6.61 Å². The zero-order valence-electron chi connectivity index (χ0n) is 10.9. The monoisotopic (exact) mass is 240 g/mol. The van der Waals surface area contributed by atoms with Gasteiger partial charge in [-0.05, 0) is 13.3 Å². The van der Waals surface area contributed by atoms with Crippen LogP contribution >= 0.6 is 0 Å². The molecule has 0 bridgehead atoms. The van der Waals surface area contributed by atoms with Crippen molar-refractivity contribution in [1.82, 2.24) is 14.8 Å². The van der Waals surface area contributed by atoms with Crippen LogP contribution in [-0.4, -0.2) is 34.4 Å². The van der Waals surface area contributed by atoms with Crippen LogP contribution in [-0.2, 0) is 16.6 Å². The number of carbonyl (C=O) groups excluding carboxylic acids is 1. The zero-order chi connectivity index (χ0) is 12.8. The van der Waals surface area contributed by atoms with E-state index in [1.54, 1.807) is 18.5 Å². The molecular weight excluding hydrogens is 220 g/mol. The fourth-order valence-electron chi connectivity index (χ4n) is 1.75.